The van der Waals surface area contributed by atoms with Crippen LogP contribution in [0.3, 0.4) is 0 Å². The first kappa shape index (κ1) is 13.0. The van der Waals surface area contributed by atoms with Crippen LogP contribution in [-0.2, 0) is 4.74 Å². The smallest absolute Gasteiger partial charge is 0.0693 e. The van der Waals surface area contributed by atoms with Gasteiger partial charge < -0.3 is 9.64 Å². The Bertz CT molecular complexity index is 181. The summed E-state index contributed by atoms with van der Waals surface area (Å²) in [7, 11) is 6.28. The summed E-state index contributed by atoms with van der Waals surface area (Å²) >= 11 is 0. The first-order valence-electron chi connectivity index (χ1n) is 6.35. The van der Waals surface area contributed by atoms with E-state index < -0.39 is 0 Å². The lowest BCUT2D eigenvalue weighted by atomic mass is 9.78. The molecule has 1 saturated carbocycles. The molecule has 0 unspecified atom stereocenters. The molecular formula is C13H27NO. The van der Waals surface area contributed by atoms with E-state index in [0.29, 0.717) is 0 Å². The summed E-state index contributed by atoms with van der Waals surface area (Å²) < 4.78 is 5.83. The number of rotatable bonds is 5. The maximum atomic E-state index is 5.83. The Morgan fingerprint density at radius 2 is 2.13 bits per heavy atom. The van der Waals surface area contributed by atoms with Gasteiger partial charge >= 0.3 is 0 Å². The van der Waals surface area contributed by atoms with Crippen LogP contribution in [0.2, 0.25) is 0 Å². The molecule has 0 aromatic rings. The average molecular weight is 213 g/mol. The molecule has 0 aromatic carbocycles. The van der Waals surface area contributed by atoms with Gasteiger partial charge in [-0.2, -0.15) is 0 Å². The summed E-state index contributed by atoms with van der Waals surface area (Å²) in [4.78, 5) is 2.36. The van der Waals surface area contributed by atoms with Crippen molar-refractivity contribution in [2.45, 2.75) is 63.5 Å². The Hall–Kier alpha value is -0.0800. The molecule has 0 radical (unpaired) electrons. The van der Waals surface area contributed by atoms with Gasteiger partial charge in [0.2, 0.25) is 0 Å². The predicted molar refractivity (Wildman–Crippen MR) is 65.2 cm³/mol. The highest BCUT2D eigenvalue weighted by Crippen LogP contribution is 2.36. The lowest BCUT2D eigenvalue weighted by Crippen LogP contribution is -2.44. The lowest BCUT2D eigenvalue weighted by Gasteiger charge is -2.42. The van der Waals surface area contributed by atoms with Gasteiger partial charge in [-0.15, -0.1) is 0 Å². The molecule has 0 bridgehead atoms. The second-order valence-electron chi connectivity index (χ2n) is 5.20. The largest absolute Gasteiger partial charge is 0.378 e. The molecule has 0 aliphatic heterocycles. The van der Waals surface area contributed by atoms with E-state index in [0.717, 1.165) is 6.04 Å². The summed E-state index contributed by atoms with van der Waals surface area (Å²) in [5.74, 6) is 0. The quantitative estimate of drug-likeness (QED) is 0.696. The van der Waals surface area contributed by atoms with E-state index in [1.807, 2.05) is 7.11 Å². The summed E-state index contributed by atoms with van der Waals surface area (Å²) in [6.07, 6.45) is 8.95. The van der Waals surface area contributed by atoms with Crippen molar-refractivity contribution in [2.24, 2.45) is 0 Å². The Kier molecular flexibility index (Phi) is 5.07. The van der Waals surface area contributed by atoms with Crippen LogP contribution < -0.4 is 0 Å². The summed E-state index contributed by atoms with van der Waals surface area (Å²) in [6, 6.07) is 0.718. The number of unbranched alkanes of at least 4 members (excludes halogenated alkanes) is 1. The van der Waals surface area contributed by atoms with Crippen molar-refractivity contribution in [1.29, 1.82) is 0 Å². The van der Waals surface area contributed by atoms with Gasteiger partial charge in [-0.25, -0.2) is 0 Å². The highest BCUT2D eigenvalue weighted by atomic mass is 16.5. The number of hydrogen-bond donors (Lipinski definition) is 0. The minimum atomic E-state index is 0.184. The zero-order chi connectivity index (χ0) is 11.3. The predicted octanol–water partition coefficient (Wildman–Crippen LogP) is 3.07. The van der Waals surface area contributed by atoms with E-state index in [4.69, 9.17) is 4.74 Å². The normalized spacial score (nSPS) is 32.2. The number of methoxy groups -OCH3 is 1. The van der Waals surface area contributed by atoms with E-state index in [9.17, 15) is 0 Å². The van der Waals surface area contributed by atoms with Crippen molar-refractivity contribution in [2.75, 3.05) is 21.2 Å². The van der Waals surface area contributed by atoms with Gasteiger partial charge in [0.1, 0.15) is 0 Å². The third kappa shape index (κ3) is 3.46. The fraction of sp³-hybridized carbons (Fsp3) is 1.00. The standard InChI is InChI=1S/C13H27NO/c1-5-6-9-13(15-4)10-7-8-12(11-13)14(2)3/h12H,5-11H2,1-4H3/t12-,13-/m0/s1. The van der Waals surface area contributed by atoms with Gasteiger partial charge in [0.15, 0.2) is 0 Å². The lowest BCUT2D eigenvalue weighted by molar-refractivity contribution is -0.0657. The van der Waals surface area contributed by atoms with Crippen LogP contribution in [0.15, 0.2) is 0 Å². The second-order valence-corrected chi connectivity index (χ2v) is 5.20. The minimum absolute atomic E-state index is 0.184. The fourth-order valence-electron chi connectivity index (χ4n) is 2.75. The highest BCUT2D eigenvalue weighted by molar-refractivity contribution is 4.90. The minimum Gasteiger partial charge on any atom is -0.378 e. The molecular weight excluding hydrogens is 186 g/mol. The molecule has 2 heteroatoms. The molecule has 0 N–H and O–H groups in total. The molecule has 90 valence electrons. The number of nitrogens with zero attached hydrogens (tertiary/aromatic N) is 1. The number of ether oxygens (including phenoxy) is 1. The van der Waals surface area contributed by atoms with Crippen molar-refractivity contribution in [3.05, 3.63) is 0 Å². The molecule has 0 saturated heterocycles. The monoisotopic (exact) mass is 213 g/mol. The second kappa shape index (κ2) is 5.86. The van der Waals surface area contributed by atoms with Gasteiger partial charge in [0.25, 0.3) is 0 Å². The van der Waals surface area contributed by atoms with E-state index in [-0.39, 0.29) is 5.60 Å². The first-order valence-corrected chi connectivity index (χ1v) is 6.35. The Morgan fingerprint density at radius 3 is 2.67 bits per heavy atom. The van der Waals surface area contributed by atoms with E-state index in [2.05, 4.69) is 25.9 Å². The zero-order valence-corrected chi connectivity index (χ0v) is 10.9. The molecule has 1 aliphatic rings. The van der Waals surface area contributed by atoms with Gasteiger partial charge in [-0.1, -0.05) is 19.8 Å². The molecule has 0 aromatic heterocycles. The van der Waals surface area contributed by atoms with Gasteiger partial charge in [0, 0.05) is 13.2 Å². The molecule has 0 amide bonds. The van der Waals surface area contributed by atoms with Gasteiger partial charge in [0.05, 0.1) is 5.60 Å². The number of hydrogen-bond acceptors (Lipinski definition) is 2. The molecule has 15 heavy (non-hydrogen) atoms. The van der Waals surface area contributed by atoms with Crippen LogP contribution in [0.4, 0.5) is 0 Å². The molecule has 1 fully saturated rings. The summed E-state index contributed by atoms with van der Waals surface area (Å²) in [5, 5.41) is 0. The van der Waals surface area contributed by atoms with E-state index >= 15 is 0 Å². The first-order chi connectivity index (χ1) is 7.13. The molecule has 1 rings (SSSR count). The highest BCUT2D eigenvalue weighted by Gasteiger charge is 2.36. The van der Waals surface area contributed by atoms with Crippen LogP contribution in [0, 0.1) is 0 Å². The third-order valence-electron chi connectivity index (χ3n) is 3.93. The Labute approximate surface area is 95.0 Å². The van der Waals surface area contributed by atoms with E-state index in [1.165, 1.54) is 44.9 Å². The van der Waals surface area contributed by atoms with E-state index in [1.54, 1.807) is 0 Å². The van der Waals surface area contributed by atoms with Crippen LogP contribution in [-0.4, -0.2) is 37.7 Å². The molecule has 1 aliphatic carbocycles. The van der Waals surface area contributed by atoms with Gasteiger partial charge in [-0.05, 0) is 46.2 Å². The fourth-order valence-corrected chi connectivity index (χ4v) is 2.75. The average Bonchev–Trinajstić information content (AvgIpc) is 2.26. The Morgan fingerprint density at radius 1 is 1.40 bits per heavy atom. The molecule has 2 nitrogen and oxygen atoms in total. The van der Waals surface area contributed by atoms with Crippen LogP contribution in [0.1, 0.15) is 51.9 Å². The van der Waals surface area contributed by atoms with Crippen molar-refractivity contribution in [1.82, 2.24) is 4.90 Å². The van der Waals surface area contributed by atoms with Crippen molar-refractivity contribution in [3.63, 3.8) is 0 Å². The van der Waals surface area contributed by atoms with Gasteiger partial charge in [-0.3, -0.25) is 0 Å². The maximum absolute atomic E-state index is 5.83. The summed E-state index contributed by atoms with van der Waals surface area (Å²) in [6.45, 7) is 2.26. The van der Waals surface area contributed by atoms with Crippen molar-refractivity contribution >= 4 is 0 Å². The zero-order valence-electron chi connectivity index (χ0n) is 10.9. The van der Waals surface area contributed by atoms with Crippen molar-refractivity contribution < 1.29 is 4.74 Å². The maximum Gasteiger partial charge on any atom is 0.0693 e. The SMILES string of the molecule is CCCC[C@]1(OC)CCC[C@H](N(C)C)C1. The van der Waals surface area contributed by atoms with Crippen LogP contribution in [0.25, 0.3) is 0 Å². The Balaban J connectivity index is 2.55. The molecule has 0 spiro atoms. The van der Waals surface area contributed by atoms with Crippen molar-refractivity contribution in [3.8, 4) is 0 Å². The topological polar surface area (TPSA) is 12.5 Å². The third-order valence-corrected chi connectivity index (χ3v) is 3.93. The molecule has 2 atom stereocenters. The summed E-state index contributed by atoms with van der Waals surface area (Å²) in [5.41, 5.74) is 0.184. The molecule has 0 heterocycles. The van der Waals surface area contributed by atoms with Crippen LogP contribution >= 0.6 is 0 Å². The van der Waals surface area contributed by atoms with Crippen LogP contribution in [0.5, 0.6) is 0 Å².